The number of hydrogen-bond acceptors (Lipinski definition) is 4. The number of nitrogens with zero attached hydrogens (tertiary/aromatic N) is 2. The smallest absolute Gasteiger partial charge is 0.264 e. The maximum atomic E-state index is 10.8. The van der Waals surface area contributed by atoms with Crippen molar-refractivity contribution in [3.8, 4) is 0 Å². The first kappa shape index (κ1) is 10.6. The van der Waals surface area contributed by atoms with Crippen LogP contribution in [0, 0.1) is 0 Å². The predicted molar refractivity (Wildman–Crippen MR) is 54.8 cm³/mol. The Morgan fingerprint density at radius 1 is 1.60 bits per heavy atom. The zero-order valence-electron chi connectivity index (χ0n) is 8.80. The minimum atomic E-state index is -3.38. The van der Waals surface area contributed by atoms with Crippen LogP contribution in [0.2, 0.25) is 0 Å². The zero-order valence-corrected chi connectivity index (χ0v) is 9.62. The molecular formula is C9H14N2O3S. The summed E-state index contributed by atoms with van der Waals surface area (Å²) in [5.74, 6) is 0.572. The molecule has 0 aliphatic heterocycles. The van der Waals surface area contributed by atoms with Crippen LogP contribution in [0.25, 0.3) is 0 Å². The van der Waals surface area contributed by atoms with Crippen molar-refractivity contribution < 1.29 is 12.6 Å². The highest BCUT2D eigenvalue weighted by atomic mass is 32.2. The molecule has 15 heavy (non-hydrogen) atoms. The van der Waals surface area contributed by atoms with Gasteiger partial charge in [-0.3, -0.25) is 8.86 Å². The van der Waals surface area contributed by atoms with Crippen LogP contribution in [0.3, 0.4) is 0 Å². The van der Waals surface area contributed by atoms with Crippen LogP contribution in [0.1, 0.15) is 30.1 Å². The predicted octanol–water partition coefficient (Wildman–Crippen LogP) is 0.774. The van der Waals surface area contributed by atoms with Crippen LogP contribution in [0.5, 0.6) is 0 Å². The van der Waals surface area contributed by atoms with Gasteiger partial charge in [0.2, 0.25) is 0 Å². The van der Waals surface area contributed by atoms with Crippen LogP contribution in [-0.4, -0.2) is 24.5 Å². The van der Waals surface area contributed by atoms with E-state index in [0.717, 1.165) is 17.6 Å². The maximum absolute atomic E-state index is 10.8. The van der Waals surface area contributed by atoms with Gasteiger partial charge in [-0.25, -0.2) is 0 Å². The topological polar surface area (TPSA) is 61.2 Å². The van der Waals surface area contributed by atoms with E-state index in [4.69, 9.17) is 4.18 Å². The summed E-state index contributed by atoms with van der Waals surface area (Å²) in [4.78, 5) is 0. The minimum Gasteiger partial charge on any atom is -0.270 e. The van der Waals surface area contributed by atoms with Crippen molar-refractivity contribution in [2.24, 2.45) is 7.05 Å². The van der Waals surface area contributed by atoms with Gasteiger partial charge in [0.15, 0.2) is 0 Å². The lowest BCUT2D eigenvalue weighted by Crippen LogP contribution is -2.06. The molecule has 0 bridgehead atoms. The standard InChI is InChI=1S/C9H14N2O3S/c1-11-8(6-14-15(2,12)13)5-9(10-11)7-3-4-7/h5,7H,3-4,6H2,1-2H3. The van der Waals surface area contributed by atoms with E-state index < -0.39 is 10.1 Å². The fourth-order valence-electron chi connectivity index (χ4n) is 1.41. The average molecular weight is 230 g/mol. The van der Waals surface area contributed by atoms with Crippen molar-refractivity contribution in [3.05, 3.63) is 17.5 Å². The van der Waals surface area contributed by atoms with E-state index in [1.54, 1.807) is 11.7 Å². The van der Waals surface area contributed by atoms with Crippen molar-refractivity contribution in [2.75, 3.05) is 6.26 Å². The Balaban J connectivity index is 2.07. The molecule has 1 heterocycles. The average Bonchev–Trinajstić information content (AvgIpc) is 2.87. The second-order valence-corrected chi connectivity index (χ2v) is 5.57. The Morgan fingerprint density at radius 3 is 2.80 bits per heavy atom. The SMILES string of the molecule is Cn1nc(C2CC2)cc1COS(C)(=O)=O. The summed E-state index contributed by atoms with van der Waals surface area (Å²) in [6.07, 6.45) is 3.41. The molecular weight excluding hydrogens is 216 g/mol. The molecule has 0 unspecified atom stereocenters. The molecule has 6 heteroatoms. The van der Waals surface area contributed by atoms with Crippen LogP contribution in [-0.2, 0) is 28.0 Å². The molecule has 0 atom stereocenters. The van der Waals surface area contributed by atoms with E-state index in [0.29, 0.717) is 5.92 Å². The Morgan fingerprint density at radius 2 is 2.27 bits per heavy atom. The second kappa shape index (κ2) is 3.61. The summed E-state index contributed by atoms with van der Waals surface area (Å²) in [5.41, 5.74) is 1.84. The van der Waals surface area contributed by atoms with Crippen LogP contribution in [0.15, 0.2) is 6.07 Å². The quantitative estimate of drug-likeness (QED) is 0.717. The van der Waals surface area contributed by atoms with Gasteiger partial charge in [-0.15, -0.1) is 0 Å². The summed E-state index contributed by atoms with van der Waals surface area (Å²) >= 11 is 0. The third kappa shape index (κ3) is 2.79. The molecule has 1 fully saturated rings. The lowest BCUT2D eigenvalue weighted by molar-refractivity contribution is 0.301. The molecule has 1 aliphatic carbocycles. The second-order valence-electron chi connectivity index (χ2n) is 3.92. The van der Waals surface area contributed by atoms with Gasteiger partial charge in [0.25, 0.3) is 10.1 Å². The molecule has 1 saturated carbocycles. The molecule has 1 aliphatic rings. The summed E-state index contributed by atoms with van der Waals surface area (Å²) in [5, 5.41) is 4.32. The largest absolute Gasteiger partial charge is 0.270 e. The van der Waals surface area contributed by atoms with E-state index in [1.807, 2.05) is 6.07 Å². The molecule has 0 amide bonds. The van der Waals surface area contributed by atoms with Gasteiger partial charge < -0.3 is 0 Å². The van der Waals surface area contributed by atoms with Crippen LogP contribution >= 0.6 is 0 Å². The van der Waals surface area contributed by atoms with Crippen molar-refractivity contribution in [1.82, 2.24) is 9.78 Å². The Bertz CT molecular complexity index is 460. The van der Waals surface area contributed by atoms with Gasteiger partial charge in [-0.2, -0.15) is 13.5 Å². The zero-order chi connectivity index (χ0) is 11.1. The van der Waals surface area contributed by atoms with E-state index in [2.05, 4.69) is 5.10 Å². The van der Waals surface area contributed by atoms with Crippen LogP contribution < -0.4 is 0 Å². The molecule has 0 N–H and O–H groups in total. The Kier molecular flexibility index (Phi) is 2.56. The first-order chi connectivity index (χ1) is 6.96. The molecule has 0 radical (unpaired) electrons. The molecule has 1 aromatic rings. The van der Waals surface area contributed by atoms with Crippen molar-refractivity contribution >= 4 is 10.1 Å². The minimum absolute atomic E-state index is 0.0645. The third-order valence-electron chi connectivity index (χ3n) is 2.41. The van der Waals surface area contributed by atoms with Crippen molar-refractivity contribution in [3.63, 3.8) is 0 Å². The molecule has 0 spiro atoms. The van der Waals surface area contributed by atoms with Crippen molar-refractivity contribution in [2.45, 2.75) is 25.4 Å². The highest BCUT2D eigenvalue weighted by Gasteiger charge is 2.26. The van der Waals surface area contributed by atoms with E-state index in [9.17, 15) is 8.42 Å². The summed E-state index contributed by atoms with van der Waals surface area (Å²) < 4.78 is 28.0. The van der Waals surface area contributed by atoms with E-state index in [1.165, 1.54) is 12.8 Å². The molecule has 5 nitrogen and oxygen atoms in total. The summed E-state index contributed by atoms with van der Waals surface area (Å²) in [6.45, 7) is 0.0645. The van der Waals surface area contributed by atoms with Crippen molar-refractivity contribution in [1.29, 1.82) is 0 Å². The normalized spacial score (nSPS) is 16.9. The molecule has 0 aromatic carbocycles. The number of aromatic nitrogens is 2. The first-order valence-electron chi connectivity index (χ1n) is 4.83. The van der Waals surface area contributed by atoms with Gasteiger partial charge in [0.1, 0.15) is 6.61 Å². The lowest BCUT2D eigenvalue weighted by Gasteiger charge is -2.00. The summed E-state index contributed by atoms with van der Waals surface area (Å²) in [7, 11) is -1.58. The van der Waals surface area contributed by atoms with E-state index in [-0.39, 0.29) is 6.61 Å². The number of hydrogen-bond donors (Lipinski definition) is 0. The number of rotatable bonds is 4. The highest BCUT2D eigenvalue weighted by Crippen LogP contribution is 2.39. The monoisotopic (exact) mass is 230 g/mol. The molecule has 84 valence electrons. The Hall–Kier alpha value is -0.880. The first-order valence-corrected chi connectivity index (χ1v) is 6.64. The van der Waals surface area contributed by atoms with Gasteiger partial charge in [0, 0.05) is 13.0 Å². The maximum Gasteiger partial charge on any atom is 0.264 e. The van der Waals surface area contributed by atoms with E-state index >= 15 is 0 Å². The lowest BCUT2D eigenvalue weighted by atomic mass is 10.3. The third-order valence-corrected chi connectivity index (χ3v) is 2.96. The van der Waals surface area contributed by atoms with Gasteiger partial charge in [-0.1, -0.05) is 0 Å². The molecule has 1 aromatic heterocycles. The fourth-order valence-corrected chi connectivity index (χ4v) is 1.75. The van der Waals surface area contributed by atoms with Gasteiger partial charge >= 0.3 is 0 Å². The highest BCUT2D eigenvalue weighted by molar-refractivity contribution is 7.85. The van der Waals surface area contributed by atoms with Gasteiger partial charge in [0.05, 0.1) is 17.6 Å². The number of aryl methyl sites for hydroxylation is 1. The Labute approximate surface area is 89.2 Å². The molecule has 0 saturated heterocycles. The van der Waals surface area contributed by atoms with Gasteiger partial charge in [-0.05, 0) is 18.9 Å². The van der Waals surface area contributed by atoms with Crippen LogP contribution in [0.4, 0.5) is 0 Å². The fraction of sp³-hybridized carbons (Fsp3) is 0.667. The molecule has 2 rings (SSSR count). The summed E-state index contributed by atoms with van der Waals surface area (Å²) in [6, 6.07) is 1.92.